The third kappa shape index (κ3) is 4.38. The Hall–Kier alpha value is -2.59. The van der Waals surface area contributed by atoms with Gasteiger partial charge in [0.1, 0.15) is 12.4 Å². The number of carbonyl (C=O) groups is 3. The minimum absolute atomic E-state index is 0.285. The summed E-state index contributed by atoms with van der Waals surface area (Å²) >= 11 is 2.62. The predicted molar refractivity (Wildman–Crippen MR) is 107 cm³/mol. The summed E-state index contributed by atoms with van der Waals surface area (Å²) in [6.45, 7) is -0.317. The second kappa shape index (κ2) is 8.42. The summed E-state index contributed by atoms with van der Waals surface area (Å²) in [5.41, 5.74) is 0.944. The molecule has 1 aliphatic carbocycles. The Bertz CT molecular complexity index is 950. The number of anilines is 1. The average Bonchev–Trinajstić information content (AvgIpc) is 3.26. The smallest absolute Gasteiger partial charge is 0.246 e. The van der Waals surface area contributed by atoms with Crippen LogP contribution >= 0.6 is 23.1 Å². The lowest BCUT2D eigenvalue weighted by Crippen LogP contribution is -2.38. The van der Waals surface area contributed by atoms with E-state index < -0.39 is 5.91 Å². The van der Waals surface area contributed by atoms with Crippen LogP contribution in [0.2, 0.25) is 0 Å². The van der Waals surface area contributed by atoms with Crippen LogP contribution in [0.4, 0.5) is 9.52 Å². The number of carbonyl (C=O) groups excluding carboxylic acids is 3. The number of fused-ring (bicyclic) bond motifs is 1. The van der Waals surface area contributed by atoms with Crippen molar-refractivity contribution in [3.8, 4) is 0 Å². The largest absolute Gasteiger partial charge is 0.299 e. The van der Waals surface area contributed by atoms with Crippen molar-refractivity contribution in [1.29, 1.82) is 0 Å². The number of nitrogens with one attached hydrogen (secondary N) is 1. The number of aromatic nitrogens is 2. The van der Waals surface area contributed by atoms with Gasteiger partial charge in [0.05, 0.1) is 11.8 Å². The Balaban J connectivity index is 1.31. The molecule has 1 aromatic heterocycles. The second-order valence-corrected chi connectivity index (χ2v) is 8.95. The summed E-state index contributed by atoms with van der Waals surface area (Å²) in [6.07, 6.45) is 4.89. The summed E-state index contributed by atoms with van der Waals surface area (Å²) in [5, 5.41) is 10.8. The van der Waals surface area contributed by atoms with Crippen LogP contribution in [0.1, 0.15) is 18.4 Å². The van der Waals surface area contributed by atoms with Gasteiger partial charge >= 0.3 is 0 Å². The molecular weight excluding hydrogens is 415 g/mol. The normalized spacial score (nSPS) is 20.8. The Morgan fingerprint density at radius 3 is 2.45 bits per heavy atom. The van der Waals surface area contributed by atoms with Crippen LogP contribution in [0.3, 0.4) is 0 Å². The quantitative estimate of drug-likeness (QED) is 0.327. The molecule has 3 amide bonds. The Morgan fingerprint density at radius 1 is 1.14 bits per heavy atom. The van der Waals surface area contributed by atoms with Crippen LogP contribution < -0.4 is 5.32 Å². The van der Waals surface area contributed by atoms with Gasteiger partial charge in [0, 0.05) is 5.75 Å². The SMILES string of the molecule is O=C(CN1C(=O)[C@H]2CC=CC[C@H]2C1=O)Nc1nnc(SCc2ccc(F)cc2)s1. The molecule has 1 N–H and O–H groups in total. The standard InChI is InChI=1S/C19H17FN4O3S2/c20-12-7-5-11(6-8-12)10-28-19-23-22-18(29-19)21-15(25)9-24-16(26)13-3-1-2-4-14(13)17(24)27/h1-2,5-8,13-14H,3-4,9-10H2,(H,21,22,25)/t13-,14+. The molecule has 10 heteroatoms. The van der Waals surface area contributed by atoms with Gasteiger partial charge in [0.15, 0.2) is 4.34 Å². The lowest BCUT2D eigenvalue weighted by atomic mass is 9.85. The number of likely N-dealkylation sites (tertiary alicyclic amines) is 1. The highest BCUT2D eigenvalue weighted by atomic mass is 32.2. The molecule has 2 heterocycles. The highest BCUT2D eigenvalue weighted by Gasteiger charge is 2.47. The first-order valence-electron chi connectivity index (χ1n) is 9.02. The van der Waals surface area contributed by atoms with Gasteiger partial charge in [-0.2, -0.15) is 0 Å². The molecule has 0 unspecified atom stereocenters. The summed E-state index contributed by atoms with van der Waals surface area (Å²) in [7, 11) is 0. The van der Waals surface area contributed by atoms with Crippen molar-refractivity contribution in [2.45, 2.75) is 22.9 Å². The Morgan fingerprint density at radius 2 is 1.79 bits per heavy atom. The summed E-state index contributed by atoms with van der Waals surface area (Å²) in [4.78, 5) is 38.2. The molecule has 0 spiro atoms. The van der Waals surface area contributed by atoms with Crippen molar-refractivity contribution in [3.63, 3.8) is 0 Å². The van der Waals surface area contributed by atoms with E-state index in [0.29, 0.717) is 28.1 Å². The zero-order valence-electron chi connectivity index (χ0n) is 15.2. The molecule has 1 saturated heterocycles. The maximum Gasteiger partial charge on any atom is 0.246 e. The van der Waals surface area contributed by atoms with E-state index in [-0.39, 0.29) is 36.0 Å². The van der Waals surface area contributed by atoms with Crippen molar-refractivity contribution in [2.75, 3.05) is 11.9 Å². The first-order chi connectivity index (χ1) is 14.0. The van der Waals surface area contributed by atoms with E-state index in [9.17, 15) is 18.8 Å². The molecule has 1 fully saturated rings. The van der Waals surface area contributed by atoms with Gasteiger partial charge in [-0.15, -0.1) is 10.2 Å². The molecule has 29 heavy (non-hydrogen) atoms. The molecule has 1 aromatic carbocycles. The van der Waals surface area contributed by atoms with Crippen LogP contribution in [0.5, 0.6) is 0 Å². The van der Waals surface area contributed by atoms with Gasteiger partial charge in [0.25, 0.3) is 0 Å². The van der Waals surface area contributed by atoms with Gasteiger partial charge in [-0.1, -0.05) is 47.4 Å². The molecule has 0 saturated carbocycles. The lowest BCUT2D eigenvalue weighted by molar-refractivity contribution is -0.142. The van der Waals surface area contributed by atoms with Crippen molar-refractivity contribution in [1.82, 2.24) is 15.1 Å². The van der Waals surface area contributed by atoms with Crippen LogP contribution in [0.15, 0.2) is 40.8 Å². The molecule has 150 valence electrons. The van der Waals surface area contributed by atoms with Crippen molar-refractivity contribution in [3.05, 3.63) is 47.8 Å². The van der Waals surface area contributed by atoms with Gasteiger partial charge in [-0.05, 0) is 30.5 Å². The highest BCUT2D eigenvalue weighted by molar-refractivity contribution is 8.00. The molecular formula is C19H17FN4O3S2. The molecule has 4 rings (SSSR count). The fraction of sp³-hybridized carbons (Fsp3) is 0.316. The highest BCUT2D eigenvalue weighted by Crippen LogP contribution is 2.35. The third-order valence-corrected chi connectivity index (χ3v) is 6.87. The lowest BCUT2D eigenvalue weighted by Gasteiger charge is -2.14. The zero-order valence-corrected chi connectivity index (χ0v) is 16.8. The Kier molecular flexibility index (Phi) is 5.72. The number of allylic oxidation sites excluding steroid dienone is 2. The minimum atomic E-state index is -0.482. The molecule has 2 aromatic rings. The number of imide groups is 1. The van der Waals surface area contributed by atoms with Crippen molar-refractivity contribution >= 4 is 46.0 Å². The van der Waals surface area contributed by atoms with E-state index >= 15 is 0 Å². The monoisotopic (exact) mass is 432 g/mol. The van der Waals surface area contributed by atoms with Gasteiger partial charge in [-0.25, -0.2) is 4.39 Å². The van der Waals surface area contributed by atoms with Crippen LogP contribution in [0, 0.1) is 17.7 Å². The second-order valence-electron chi connectivity index (χ2n) is 6.75. The average molecular weight is 433 g/mol. The van der Waals surface area contributed by atoms with Gasteiger partial charge in [0.2, 0.25) is 22.9 Å². The van der Waals surface area contributed by atoms with E-state index in [1.54, 1.807) is 12.1 Å². The number of halogens is 1. The number of thioether (sulfide) groups is 1. The number of benzene rings is 1. The van der Waals surface area contributed by atoms with Crippen LogP contribution in [-0.2, 0) is 20.1 Å². The number of nitrogens with zero attached hydrogens (tertiary/aromatic N) is 3. The summed E-state index contributed by atoms with van der Waals surface area (Å²) in [5.74, 6) is -1.45. The zero-order chi connectivity index (χ0) is 20.4. The molecule has 0 radical (unpaired) electrons. The number of hydrogen-bond acceptors (Lipinski definition) is 7. The topological polar surface area (TPSA) is 92.3 Å². The Labute approximate surface area is 174 Å². The third-order valence-electron chi connectivity index (χ3n) is 4.83. The number of rotatable bonds is 6. The molecule has 2 aliphatic rings. The molecule has 0 bridgehead atoms. The van der Waals surface area contributed by atoms with Crippen LogP contribution in [-0.4, -0.2) is 39.4 Å². The number of hydrogen-bond donors (Lipinski definition) is 1. The summed E-state index contributed by atoms with van der Waals surface area (Å²) < 4.78 is 13.6. The van der Waals surface area contributed by atoms with E-state index in [1.807, 2.05) is 12.2 Å². The molecule has 1 aliphatic heterocycles. The predicted octanol–water partition coefficient (Wildman–Crippen LogP) is 2.86. The maximum atomic E-state index is 12.9. The fourth-order valence-corrected chi connectivity index (χ4v) is 5.10. The first kappa shape index (κ1) is 19.7. The fourth-order valence-electron chi connectivity index (χ4n) is 3.37. The van der Waals surface area contributed by atoms with E-state index in [4.69, 9.17) is 0 Å². The van der Waals surface area contributed by atoms with Crippen molar-refractivity contribution in [2.24, 2.45) is 11.8 Å². The van der Waals surface area contributed by atoms with Gasteiger partial charge in [-0.3, -0.25) is 24.6 Å². The van der Waals surface area contributed by atoms with E-state index in [2.05, 4.69) is 15.5 Å². The molecule has 2 atom stereocenters. The van der Waals surface area contributed by atoms with Gasteiger partial charge < -0.3 is 0 Å². The van der Waals surface area contributed by atoms with Crippen molar-refractivity contribution < 1.29 is 18.8 Å². The minimum Gasteiger partial charge on any atom is -0.299 e. The first-order valence-corrected chi connectivity index (χ1v) is 10.8. The molecule has 7 nitrogen and oxygen atoms in total. The van der Waals surface area contributed by atoms with E-state index in [1.165, 1.54) is 35.2 Å². The number of amides is 3. The maximum absolute atomic E-state index is 12.9. The van der Waals surface area contributed by atoms with E-state index in [0.717, 1.165) is 10.5 Å². The van der Waals surface area contributed by atoms with Crippen LogP contribution in [0.25, 0.3) is 0 Å². The summed E-state index contributed by atoms with van der Waals surface area (Å²) in [6, 6.07) is 6.19.